The van der Waals surface area contributed by atoms with Gasteiger partial charge in [0.1, 0.15) is 4.99 Å². The zero-order valence-corrected chi connectivity index (χ0v) is 11.6. The second-order valence-electron chi connectivity index (χ2n) is 4.18. The van der Waals surface area contributed by atoms with E-state index in [4.69, 9.17) is 18.0 Å². The van der Waals surface area contributed by atoms with E-state index in [-0.39, 0.29) is 11.8 Å². The van der Waals surface area contributed by atoms with Crippen LogP contribution in [0.4, 0.5) is 5.69 Å². The Morgan fingerprint density at radius 1 is 1.47 bits per heavy atom. The highest BCUT2D eigenvalue weighted by Gasteiger charge is 2.25. The lowest BCUT2D eigenvalue weighted by molar-refractivity contribution is -0.122. The van der Waals surface area contributed by atoms with Gasteiger partial charge in [0.05, 0.1) is 0 Å². The molecule has 1 aliphatic carbocycles. The van der Waals surface area contributed by atoms with Gasteiger partial charge in [-0.2, -0.15) is 0 Å². The molecule has 0 saturated heterocycles. The summed E-state index contributed by atoms with van der Waals surface area (Å²) in [6.07, 6.45) is 3.15. The standard InChI is InChI=1S/C12H13BrN2OS/c13-10-6-8(4-5-9(10)11(14)17)15-12(16)7-2-1-3-7/h4-7H,1-3H2,(H2,14,17)(H,15,16). The van der Waals surface area contributed by atoms with Crippen LogP contribution in [0.2, 0.25) is 0 Å². The molecule has 1 aliphatic rings. The normalized spacial score (nSPS) is 15.1. The number of benzene rings is 1. The number of thiocarbonyl (C=S) groups is 1. The summed E-state index contributed by atoms with van der Waals surface area (Å²) in [6, 6.07) is 5.45. The molecule has 1 saturated carbocycles. The van der Waals surface area contributed by atoms with Crippen LogP contribution in [-0.2, 0) is 4.79 Å². The van der Waals surface area contributed by atoms with E-state index in [0.717, 1.165) is 35.0 Å². The lowest BCUT2D eigenvalue weighted by atomic mass is 9.85. The second kappa shape index (κ2) is 5.14. The van der Waals surface area contributed by atoms with Gasteiger partial charge in [0.15, 0.2) is 0 Å². The number of amides is 1. The minimum absolute atomic E-state index is 0.103. The molecule has 1 aromatic rings. The van der Waals surface area contributed by atoms with E-state index in [2.05, 4.69) is 21.2 Å². The number of rotatable bonds is 3. The molecule has 0 aliphatic heterocycles. The molecule has 0 aromatic heterocycles. The Morgan fingerprint density at radius 2 is 2.18 bits per heavy atom. The number of carbonyl (C=O) groups excluding carboxylic acids is 1. The summed E-state index contributed by atoms with van der Waals surface area (Å²) < 4.78 is 0.802. The molecule has 17 heavy (non-hydrogen) atoms. The molecule has 0 atom stereocenters. The van der Waals surface area contributed by atoms with Crippen molar-refractivity contribution in [1.29, 1.82) is 0 Å². The van der Waals surface area contributed by atoms with Crippen molar-refractivity contribution in [1.82, 2.24) is 0 Å². The van der Waals surface area contributed by atoms with Gasteiger partial charge in [-0.25, -0.2) is 0 Å². The van der Waals surface area contributed by atoms with E-state index in [9.17, 15) is 4.79 Å². The van der Waals surface area contributed by atoms with Crippen molar-refractivity contribution < 1.29 is 4.79 Å². The van der Waals surface area contributed by atoms with Crippen LogP contribution >= 0.6 is 28.1 Å². The quantitative estimate of drug-likeness (QED) is 0.844. The first-order valence-electron chi connectivity index (χ1n) is 5.48. The van der Waals surface area contributed by atoms with E-state index < -0.39 is 0 Å². The number of nitrogens with two attached hydrogens (primary N) is 1. The molecule has 0 bridgehead atoms. The highest BCUT2D eigenvalue weighted by Crippen LogP contribution is 2.28. The maximum Gasteiger partial charge on any atom is 0.227 e. The van der Waals surface area contributed by atoms with E-state index in [1.165, 1.54) is 0 Å². The largest absolute Gasteiger partial charge is 0.389 e. The number of nitrogens with one attached hydrogen (secondary N) is 1. The smallest absolute Gasteiger partial charge is 0.227 e. The van der Waals surface area contributed by atoms with Gasteiger partial charge in [-0.05, 0) is 47.0 Å². The van der Waals surface area contributed by atoms with Gasteiger partial charge in [-0.1, -0.05) is 18.6 Å². The van der Waals surface area contributed by atoms with Crippen molar-refractivity contribution in [3.63, 3.8) is 0 Å². The van der Waals surface area contributed by atoms with E-state index in [0.29, 0.717) is 4.99 Å². The number of carbonyl (C=O) groups is 1. The first-order valence-corrected chi connectivity index (χ1v) is 6.68. The van der Waals surface area contributed by atoms with Crippen molar-refractivity contribution in [3.05, 3.63) is 28.2 Å². The number of anilines is 1. The van der Waals surface area contributed by atoms with E-state index >= 15 is 0 Å². The minimum atomic E-state index is 0.103. The third kappa shape index (κ3) is 2.84. The molecule has 5 heteroatoms. The number of hydrogen-bond donors (Lipinski definition) is 2. The summed E-state index contributed by atoms with van der Waals surface area (Å²) in [4.78, 5) is 12.1. The molecule has 1 amide bonds. The van der Waals surface area contributed by atoms with Crippen LogP contribution in [0.15, 0.2) is 22.7 Å². The van der Waals surface area contributed by atoms with Crippen molar-refractivity contribution in [2.45, 2.75) is 19.3 Å². The minimum Gasteiger partial charge on any atom is -0.389 e. The van der Waals surface area contributed by atoms with Gasteiger partial charge in [-0.3, -0.25) is 4.79 Å². The van der Waals surface area contributed by atoms with Crippen LogP contribution in [0, 0.1) is 5.92 Å². The lowest BCUT2D eigenvalue weighted by Crippen LogP contribution is -2.28. The SMILES string of the molecule is NC(=S)c1ccc(NC(=O)C2CCC2)cc1Br. The Morgan fingerprint density at radius 3 is 2.65 bits per heavy atom. The maximum absolute atomic E-state index is 11.7. The third-order valence-electron chi connectivity index (χ3n) is 2.98. The number of halogens is 1. The van der Waals surface area contributed by atoms with Crippen molar-refractivity contribution >= 4 is 44.7 Å². The zero-order chi connectivity index (χ0) is 12.4. The van der Waals surface area contributed by atoms with Crippen LogP contribution in [0.3, 0.4) is 0 Å². The van der Waals surface area contributed by atoms with E-state index in [1.54, 1.807) is 0 Å². The molecular weight excluding hydrogens is 300 g/mol. The van der Waals surface area contributed by atoms with Crippen molar-refractivity contribution in [2.24, 2.45) is 11.7 Å². The maximum atomic E-state index is 11.7. The Hall–Kier alpha value is -0.940. The average molecular weight is 313 g/mol. The fourth-order valence-electron chi connectivity index (χ4n) is 1.71. The molecule has 0 spiro atoms. The predicted molar refractivity (Wildman–Crippen MR) is 76.0 cm³/mol. The Bertz CT molecular complexity index is 472. The molecule has 3 nitrogen and oxygen atoms in total. The molecule has 2 rings (SSSR count). The molecule has 3 N–H and O–H groups in total. The molecule has 90 valence electrons. The molecule has 0 unspecified atom stereocenters. The summed E-state index contributed by atoms with van der Waals surface area (Å²) >= 11 is 8.30. The highest BCUT2D eigenvalue weighted by atomic mass is 79.9. The van der Waals surface area contributed by atoms with Crippen molar-refractivity contribution in [3.8, 4) is 0 Å². The summed E-state index contributed by atoms with van der Waals surface area (Å²) in [6.45, 7) is 0. The molecule has 0 radical (unpaired) electrons. The first kappa shape index (κ1) is 12.5. The zero-order valence-electron chi connectivity index (χ0n) is 9.20. The average Bonchev–Trinajstić information content (AvgIpc) is 2.13. The van der Waals surface area contributed by atoms with Gasteiger partial charge in [0.25, 0.3) is 0 Å². The first-order chi connectivity index (χ1) is 8.08. The Balaban J connectivity index is 2.09. The van der Waals surface area contributed by atoms with Gasteiger partial charge >= 0.3 is 0 Å². The molecular formula is C12H13BrN2OS. The molecule has 0 heterocycles. The van der Waals surface area contributed by atoms with Gasteiger partial charge in [0.2, 0.25) is 5.91 Å². The van der Waals surface area contributed by atoms with Gasteiger partial charge in [-0.15, -0.1) is 0 Å². The van der Waals surface area contributed by atoms with Crippen LogP contribution in [0.5, 0.6) is 0 Å². The fourth-order valence-corrected chi connectivity index (χ4v) is 2.61. The number of hydrogen-bond acceptors (Lipinski definition) is 2. The summed E-state index contributed by atoms with van der Waals surface area (Å²) in [5, 5.41) is 2.90. The topological polar surface area (TPSA) is 55.1 Å². The molecule has 1 aromatic carbocycles. The van der Waals surface area contributed by atoms with Gasteiger partial charge < -0.3 is 11.1 Å². The summed E-state index contributed by atoms with van der Waals surface area (Å²) in [5.74, 6) is 0.287. The van der Waals surface area contributed by atoms with Crippen LogP contribution in [0.1, 0.15) is 24.8 Å². The predicted octanol–water partition coefficient (Wildman–Crippen LogP) is 2.82. The monoisotopic (exact) mass is 312 g/mol. The summed E-state index contributed by atoms with van der Waals surface area (Å²) in [5.41, 5.74) is 7.11. The van der Waals surface area contributed by atoms with Gasteiger partial charge in [0, 0.05) is 21.6 Å². The van der Waals surface area contributed by atoms with E-state index in [1.807, 2.05) is 18.2 Å². The lowest BCUT2D eigenvalue weighted by Gasteiger charge is -2.24. The van der Waals surface area contributed by atoms with Crippen LogP contribution < -0.4 is 11.1 Å². The van der Waals surface area contributed by atoms with Crippen LogP contribution in [0.25, 0.3) is 0 Å². The highest BCUT2D eigenvalue weighted by molar-refractivity contribution is 9.10. The fraction of sp³-hybridized carbons (Fsp3) is 0.333. The Labute approximate surface area is 114 Å². The van der Waals surface area contributed by atoms with Crippen molar-refractivity contribution in [2.75, 3.05) is 5.32 Å². The summed E-state index contributed by atoms with van der Waals surface area (Å²) in [7, 11) is 0. The van der Waals surface area contributed by atoms with Crippen LogP contribution in [-0.4, -0.2) is 10.9 Å². The third-order valence-corrected chi connectivity index (χ3v) is 3.85. The Kier molecular flexibility index (Phi) is 3.79. The molecule has 1 fully saturated rings. The second-order valence-corrected chi connectivity index (χ2v) is 5.47.